The quantitative estimate of drug-likeness (QED) is 0.690. The highest BCUT2D eigenvalue weighted by Crippen LogP contribution is 2.20. The second-order valence-electron chi connectivity index (χ2n) is 4.24. The monoisotopic (exact) mass is 197 g/mol. The second kappa shape index (κ2) is 6.82. The van der Waals surface area contributed by atoms with Crippen LogP contribution in [-0.2, 0) is 0 Å². The molecule has 0 saturated heterocycles. The minimum atomic E-state index is 0.888. The zero-order valence-corrected chi connectivity index (χ0v) is 9.50. The van der Waals surface area contributed by atoms with Gasteiger partial charge in [-0.3, -0.25) is 4.99 Å². The van der Waals surface area contributed by atoms with Crippen LogP contribution in [0.3, 0.4) is 0 Å². The lowest BCUT2D eigenvalue weighted by Gasteiger charge is -2.27. The number of nitrogens with one attached hydrogen (secondary N) is 1. The number of rotatable bonds is 1. The van der Waals surface area contributed by atoms with Gasteiger partial charge in [-0.05, 0) is 26.9 Å². The Morgan fingerprint density at radius 1 is 1.21 bits per heavy atom. The molecule has 0 atom stereocenters. The lowest BCUT2D eigenvalue weighted by Crippen LogP contribution is -2.29. The van der Waals surface area contributed by atoms with Gasteiger partial charge in [-0.2, -0.15) is 0 Å². The molecule has 1 fully saturated rings. The van der Waals surface area contributed by atoms with Crippen LogP contribution in [0.1, 0.15) is 32.1 Å². The van der Waals surface area contributed by atoms with E-state index in [1.54, 1.807) is 6.34 Å². The molecule has 1 aliphatic heterocycles. The van der Waals surface area contributed by atoms with Crippen molar-refractivity contribution in [2.24, 2.45) is 4.99 Å². The van der Waals surface area contributed by atoms with Gasteiger partial charge in [0, 0.05) is 12.6 Å². The van der Waals surface area contributed by atoms with Crippen LogP contribution in [0.2, 0.25) is 0 Å². The molecule has 0 aromatic heterocycles. The smallest absolute Gasteiger partial charge is 0.0825 e. The first kappa shape index (κ1) is 11.5. The predicted molar refractivity (Wildman–Crippen MR) is 61.9 cm³/mol. The Morgan fingerprint density at radius 3 is 2.21 bits per heavy atom. The molecule has 0 radical (unpaired) electrons. The van der Waals surface area contributed by atoms with Crippen molar-refractivity contribution in [2.45, 2.75) is 38.1 Å². The Bertz CT molecular complexity index is 154. The van der Waals surface area contributed by atoms with E-state index in [-0.39, 0.29) is 0 Å². The zero-order valence-electron chi connectivity index (χ0n) is 9.50. The van der Waals surface area contributed by atoms with Crippen molar-refractivity contribution in [1.29, 1.82) is 0 Å². The fourth-order valence-corrected chi connectivity index (χ4v) is 1.92. The van der Waals surface area contributed by atoms with Crippen molar-refractivity contribution in [2.75, 3.05) is 27.2 Å². The Kier molecular flexibility index (Phi) is 5.60. The first-order valence-electron chi connectivity index (χ1n) is 5.69. The molecule has 82 valence electrons. The van der Waals surface area contributed by atoms with E-state index in [1.165, 1.54) is 32.1 Å². The highest BCUT2D eigenvalue weighted by atomic mass is 15.1. The maximum absolute atomic E-state index is 3.85. The summed E-state index contributed by atoms with van der Waals surface area (Å²) in [5.41, 5.74) is 0. The van der Waals surface area contributed by atoms with Gasteiger partial charge in [0.1, 0.15) is 0 Å². The van der Waals surface area contributed by atoms with Crippen molar-refractivity contribution in [3.05, 3.63) is 0 Å². The Labute approximate surface area is 87.6 Å². The highest BCUT2D eigenvalue weighted by Gasteiger charge is 2.13. The van der Waals surface area contributed by atoms with Crippen LogP contribution in [0, 0.1) is 0 Å². The van der Waals surface area contributed by atoms with Crippen LogP contribution in [0.15, 0.2) is 4.99 Å². The summed E-state index contributed by atoms with van der Waals surface area (Å²) >= 11 is 0. The molecule has 1 N–H and O–H groups in total. The topological polar surface area (TPSA) is 27.6 Å². The largest absolute Gasteiger partial charge is 0.375 e. The van der Waals surface area contributed by atoms with E-state index in [2.05, 4.69) is 29.3 Å². The molecule has 0 bridgehead atoms. The zero-order chi connectivity index (χ0) is 10.2. The third-order valence-corrected chi connectivity index (χ3v) is 2.87. The number of nitrogens with zero attached hydrogens (tertiary/aromatic N) is 2. The van der Waals surface area contributed by atoms with Crippen molar-refractivity contribution in [3.63, 3.8) is 0 Å². The normalized spacial score (nSPS) is 21.6. The molecular formula is C11H23N3. The molecule has 14 heavy (non-hydrogen) atoms. The fraction of sp³-hybridized carbons (Fsp3) is 0.909. The Balaban J connectivity index is 0.000000165. The predicted octanol–water partition coefficient (Wildman–Crippen LogP) is 1.50. The molecule has 1 saturated carbocycles. The first-order chi connectivity index (χ1) is 6.80. The summed E-state index contributed by atoms with van der Waals surface area (Å²) in [6.45, 7) is 1.99. The number of hydrogen-bond acceptors (Lipinski definition) is 3. The molecule has 2 aliphatic rings. The van der Waals surface area contributed by atoms with Crippen molar-refractivity contribution >= 4 is 6.34 Å². The average molecular weight is 197 g/mol. The summed E-state index contributed by atoms with van der Waals surface area (Å²) in [5, 5.41) is 2.93. The molecule has 1 heterocycles. The van der Waals surface area contributed by atoms with Crippen LogP contribution in [0.5, 0.6) is 0 Å². The van der Waals surface area contributed by atoms with Gasteiger partial charge in [-0.25, -0.2) is 0 Å². The minimum absolute atomic E-state index is 0.888. The molecule has 0 spiro atoms. The maximum atomic E-state index is 3.85. The van der Waals surface area contributed by atoms with Crippen molar-refractivity contribution < 1.29 is 0 Å². The van der Waals surface area contributed by atoms with Crippen LogP contribution < -0.4 is 5.32 Å². The van der Waals surface area contributed by atoms with Gasteiger partial charge in [0.15, 0.2) is 0 Å². The minimum Gasteiger partial charge on any atom is -0.375 e. The van der Waals surface area contributed by atoms with E-state index >= 15 is 0 Å². The Hall–Kier alpha value is -0.570. The lowest BCUT2D eigenvalue weighted by molar-refractivity contribution is 0.229. The van der Waals surface area contributed by atoms with E-state index in [0.29, 0.717) is 0 Å². The summed E-state index contributed by atoms with van der Waals surface area (Å²) in [6.07, 6.45) is 8.94. The molecule has 3 nitrogen and oxygen atoms in total. The second-order valence-corrected chi connectivity index (χ2v) is 4.24. The fourth-order valence-electron chi connectivity index (χ4n) is 1.92. The van der Waals surface area contributed by atoms with E-state index in [0.717, 1.165) is 19.1 Å². The van der Waals surface area contributed by atoms with Gasteiger partial charge in [0.2, 0.25) is 0 Å². The summed E-state index contributed by atoms with van der Waals surface area (Å²) < 4.78 is 0. The summed E-state index contributed by atoms with van der Waals surface area (Å²) in [7, 11) is 4.38. The summed E-state index contributed by atoms with van der Waals surface area (Å²) in [5.74, 6) is 0. The van der Waals surface area contributed by atoms with E-state index in [1.807, 2.05) is 0 Å². The number of hydrogen-bond donors (Lipinski definition) is 1. The molecule has 0 aromatic carbocycles. The Morgan fingerprint density at radius 2 is 1.93 bits per heavy atom. The van der Waals surface area contributed by atoms with Crippen molar-refractivity contribution in [1.82, 2.24) is 10.2 Å². The highest BCUT2D eigenvalue weighted by molar-refractivity contribution is 5.56. The third-order valence-electron chi connectivity index (χ3n) is 2.87. The first-order valence-corrected chi connectivity index (χ1v) is 5.69. The van der Waals surface area contributed by atoms with Gasteiger partial charge < -0.3 is 10.2 Å². The van der Waals surface area contributed by atoms with Gasteiger partial charge in [0.05, 0.1) is 12.9 Å². The molecule has 0 unspecified atom stereocenters. The number of aliphatic imine (C=N–C) groups is 1. The van der Waals surface area contributed by atoms with Gasteiger partial charge in [-0.1, -0.05) is 19.3 Å². The van der Waals surface area contributed by atoms with Crippen LogP contribution in [0.25, 0.3) is 0 Å². The SMILES string of the molecule is C1=NCCN1.CN(C)C1CCCCC1. The van der Waals surface area contributed by atoms with Gasteiger partial charge in [-0.15, -0.1) is 0 Å². The lowest BCUT2D eigenvalue weighted by atomic mass is 9.95. The van der Waals surface area contributed by atoms with E-state index in [9.17, 15) is 0 Å². The van der Waals surface area contributed by atoms with E-state index < -0.39 is 0 Å². The molecule has 3 heteroatoms. The molecular weight excluding hydrogens is 174 g/mol. The molecule has 1 aliphatic carbocycles. The third kappa shape index (κ3) is 4.61. The van der Waals surface area contributed by atoms with Gasteiger partial charge >= 0.3 is 0 Å². The van der Waals surface area contributed by atoms with Crippen LogP contribution in [-0.4, -0.2) is 44.5 Å². The van der Waals surface area contributed by atoms with Crippen LogP contribution in [0.4, 0.5) is 0 Å². The van der Waals surface area contributed by atoms with E-state index in [4.69, 9.17) is 0 Å². The summed E-state index contributed by atoms with van der Waals surface area (Å²) in [4.78, 5) is 6.21. The van der Waals surface area contributed by atoms with Crippen molar-refractivity contribution in [3.8, 4) is 0 Å². The molecule has 0 amide bonds. The van der Waals surface area contributed by atoms with Crippen LogP contribution >= 0.6 is 0 Å². The maximum Gasteiger partial charge on any atom is 0.0825 e. The average Bonchev–Trinajstić information content (AvgIpc) is 2.77. The molecule has 2 rings (SSSR count). The van der Waals surface area contributed by atoms with Gasteiger partial charge in [0.25, 0.3) is 0 Å². The summed E-state index contributed by atoms with van der Waals surface area (Å²) in [6, 6.07) is 0.888. The standard InChI is InChI=1S/C8H17N.C3H6N2/c1-9(2)8-6-4-3-5-7-8;1-2-5-3-4-1/h8H,3-7H2,1-2H3;3H,1-2H2,(H,4,5). The molecule has 0 aromatic rings.